The van der Waals surface area contributed by atoms with E-state index in [0.29, 0.717) is 18.4 Å². The summed E-state index contributed by atoms with van der Waals surface area (Å²) in [5.74, 6) is 1.02. The molecule has 2 amide bonds. The van der Waals surface area contributed by atoms with Gasteiger partial charge in [-0.1, -0.05) is 0 Å². The van der Waals surface area contributed by atoms with Gasteiger partial charge in [-0.05, 0) is 32.1 Å². The number of nitrogens with one attached hydrogen (secondary N) is 2. The minimum Gasteiger partial charge on any atom is -0.381 e. The Morgan fingerprint density at radius 3 is 3.00 bits per heavy atom. The van der Waals surface area contributed by atoms with Gasteiger partial charge in [-0.25, -0.2) is 9.78 Å². The highest BCUT2D eigenvalue weighted by molar-refractivity contribution is 7.09. The fourth-order valence-electron chi connectivity index (χ4n) is 2.50. The maximum atomic E-state index is 12.0. The van der Waals surface area contributed by atoms with Crippen LogP contribution in [0.3, 0.4) is 0 Å². The van der Waals surface area contributed by atoms with Crippen molar-refractivity contribution in [2.75, 3.05) is 19.8 Å². The van der Waals surface area contributed by atoms with E-state index in [1.165, 1.54) is 12.8 Å². The van der Waals surface area contributed by atoms with Gasteiger partial charge >= 0.3 is 6.03 Å². The van der Waals surface area contributed by atoms with Gasteiger partial charge in [0.05, 0.1) is 12.6 Å². The lowest BCUT2D eigenvalue weighted by Gasteiger charge is -2.17. The van der Waals surface area contributed by atoms with E-state index in [-0.39, 0.29) is 12.1 Å². The van der Waals surface area contributed by atoms with Gasteiger partial charge in [0.15, 0.2) is 0 Å². The van der Waals surface area contributed by atoms with Crippen LogP contribution in [0.2, 0.25) is 0 Å². The van der Waals surface area contributed by atoms with Crippen molar-refractivity contribution in [3.05, 3.63) is 16.1 Å². The second-order valence-corrected chi connectivity index (χ2v) is 6.62. The summed E-state index contributed by atoms with van der Waals surface area (Å²) in [4.78, 5) is 16.6. The van der Waals surface area contributed by atoms with Crippen molar-refractivity contribution in [1.82, 2.24) is 15.6 Å². The quantitative estimate of drug-likeness (QED) is 0.875. The van der Waals surface area contributed by atoms with Crippen molar-refractivity contribution in [3.8, 4) is 0 Å². The van der Waals surface area contributed by atoms with Gasteiger partial charge in [0.2, 0.25) is 0 Å². The lowest BCUT2D eigenvalue weighted by molar-refractivity contribution is 0.185. The number of rotatable bonds is 5. The van der Waals surface area contributed by atoms with Gasteiger partial charge in [-0.3, -0.25) is 0 Å². The fraction of sp³-hybridized carbons (Fsp3) is 0.714. The molecule has 0 radical (unpaired) electrons. The predicted molar refractivity (Wildman–Crippen MR) is 77.8 cm³/mol. The number of aromatic nitrogens is 1. The maximum Gasteiger partial charge on any atom is 0.315 e. The first-order valence-electron chi connectivity index (χ1n) is 7.26. The Bertz CT molecular complexity index is 467. The molecule has 1 aromatic rings. The standard InChI is InChI=1S/C14H21N3O2S/c1-9-8-20-13(16-9)12(11-2-3-11)17-14(18)15-6-10-4-5-19-7-10/h8,10-12H,2-7H2,1H3,(H2,15,17,18)/t10-,12-/m0/s1. The molecule has 2 atom stereocenters. The van der Waals surface area contributed by atoms with Crippen LogP contribution in [0.1, 0.15) is 36.0 Å². The van der Waals surface area contributed by atoms with Crippen LogP contribution >= 0.6 is 11.3 Å². The van der Waals surface area contributed by atoms with Crippen molar-refractivity contribution in [3.63, 3.8) is 0 Å². The van der Waals surface area contributed by atoms with Gasteiger partial charge in [0.25, 0.3) is 0 Å². The van der Waals surface area contributed by atoms with E-state index < -0.39 is 0 Å². The summed E-state index contributed by atoms with van der Waals surface area (Å²) in [6.07, 6.45) is 3.40. The second-order valence-electron chi connectivity index (χ2n) is 5.73. The molecule has 2 heterocycles. The molecule has 0 unspecified atom stereocenters. The molecule has 2 fully saturated rings. The molecule has 3 rings (SSSR count). The average molecular weight is 295 g/mol. The molecule has 0 aromatic carbocycles. The average Bonchev–Trinajstić information content (AvgIpc) is 2.96. The van der Waals surface area contributed by atoms with Crippen molar-refractivity contribution in [2.45, 2.75) is 32.2 Å². The summed E-state index contributed by atoms with van der Waals surface area (Å²) in [6.45, 7) is 4.26. The van der Waals surface area contributed by atoms with Gasteiger partial charge in [0.1, 0.15) is 5.01 Å². The Kier molecular flexibility index (Phi) is 4.21. The summed E-state index contributed by atoms with van der Waals surface area (Å²) >= 11 is 1.64. The molecule has 2 aliphatic rings. The number of aryl methyl sites for hydroxylation is 1. The highest BCUT2D eigenvalue weighted by Crippen LogP contribution is 2.41. The molecular formula is C14H21N3O2S. The van der Waals surface area contributed by atoms with Crippen molar-refractivity contribution < 1.29 is 9.53 Å². The zero-order chi connectivity index (χ0) is 13.9. The summed E-state index contributed by atoms with van der Waals surface area (Å²) in [7, 11) is 0. The SMILES string of the molecule is Cc1csc([C@@H](NC(=O)NC[C@@H]2CCOC2)C2CC2)n1. The maximum absolute atomic E-state index is 12.0. The van der Waals surface area contributed by atoms with Crippen molar-refractivity contribution >= 4 is 17.4 Å². The number of nitrogens with zero attached hydrogens (tertiary/aromatic N) is 1. The third-order valence-electron chi connectivity index (χ3n) is 3.86. The number of thiazole rings is 1. The third-order valence-corrected chi connectivity index (χ3v) is 4.90. The van der Waals surface area contributed by atoms with Crippen LogP contribution in [0.4, 0.5) is 4.79 Å². The van der Waals surface area contributed by atoms with Crippen LogP contribution in [-0.2, 0) is 4.74 Å². The van der Waals surface area contributed by atoms with Crippen LogP contribution in [0.25, 0.3) is 0 Å². The van der Waals surface area contributed by atoms with E-state index in [0.717, 1.165) is 30.3 Å². The molecular weight excluding hydrogens is 274 g/mol. The fourth-order valence-corrected chi connectivity index (χ4v) is 3.44. The Hall–Kier alpha value is -1.14. The van der Waals surface area contributed by atoms with E-state index >= 15 is 0 Å². The summed E-state index contributed by atoms with van der Waals surface area (Å²) < 4.78 is 5.31. The molecule has 0 bridgehead atoms. The van der Waals surface area contributed by atoms with Gasteiger partial charge < -0.3 is 15.4 Å². The predicted octanol–water partition coefficient (Wildman–Crippen LogP) is 2.24. The Balaban J connectivity index is 1.52. The van der Waals surface area contributed by atoms with E-state index in [1.54, 1.807) is 11.3 Å². The minimum atomic E-state index is -0.0818. The minimum absolute atomic E-state index is 0.0773. The van der Waals surface area contributed by atoms with E-state index in [2.05, 4.69) is 15.6 Å². The number of hydrogen-bond donors (Lipinski definition) is 2. The zero-order valence-electron chi connectivity index (χ0n) is 11.7. The van der Waals surface area contributed by atoms with Gasteiger partial charge in [0, 0.05) is 30.1 Å². The van der Waals surface area contributed by atoms with Crippen LogP contribution in [-0.4, -0.2) is 30.8 Å². The molecule has 1 saturated heterocycles. The van der Waals surface area contributed by atoms with E-state index in [9.17, 15) is 4.79 Å². The van der Waals surface area contributed by atoms with Crippen LogP contribution in [0, 0.1) is 18.8 Å². The molecule has 2 N–H and O–H groups in total. The Morgan fingerprint density at radius 2 is 2.40 bits per heavy atom. The first kappa shape index (κ1) is 13.8. The first-order chi connectivity index (χ1) is 9.72. The van der Waals surface area contributed by atoms with Gasteiger partial charge in [-0.2, -0.15) is 0 Å². The van der Waals surface area contributed by atoms with E-state index in [1.807, 2.05) is 12.3 Å². The second kappa shape index (κ2) is 6.10. The molecule has 1 aromatic heterocycles. The highest BCUT2D eigenvalue weighted by Gasteiger charge is 2.35. The lowest BCUT2D eigenvalue weighted by Crippen LogP contribution is -2.40. The Morgan fingerprint density at radius 1 is 1.55 bits per heavy atom. The molecule has 110 valence electrons. The molecule has 20 heavy (non-hydrogen) atoms. The number of amides is 2. The van der Waals surface area contributed by atoms with Crippen LogP contribution in [0.5, 0.6) is 0 Å². The summed E-state index contributed by atoms with van der Waals surface area (Å²) in [5.41, 5.74) is 1.03. The largest absolute Gasteiger partial charge is 0.381 e. The summed E-state index contributed by atoms with van der Waals surface area (Å²) in [5, 5.41) is 9.12. The summed E-state index contributed by atoms with van der Waals surface area (Å²) in [6, 6.07) is -0.00446. The zero-order valence-corrected chi connectivity index (χ0v) is 12.5. The smallest absolute Gasteiger partial charge is 0.315 e. The number of urea groups is 1. The molecule has 6 heteroatoms. The third kappa shape index (κ3) is 3.49. The van der Waals surface area contributed by atoms with E-state index in [4.69, 9.17) is 4.74 Å². The van der Waals surface area contributed by atoms with Crippen LogP contribution < -0.4 is 10.6 Å². The molecule has 1 aliphatic carbocycles. The lowest BCUT2D eigenvalue weighted by atomic mass is 10.1. The monoisotopic (exact) mass is 295 g/mol. The number of carbonyl (C=O) groups is 1. The number of ether oxygens (including phenoxy) is 1. The topological polar surface area (TPSA) is 63.2 Å². The van der Waals surface area contributed by atoms with Crippen molar-refractivity contribution in [1.29, 1.82) is 0 Å². The first-order valence-corrected chi connectivity index (χ1v) is 8.14. The Labute approximate surface area is 123 Å². The number of carbonyl (C=O) groups excluding carboxylic acids is 1. The highest BCUT2D eigenvalue weighted by atomic mass is 32.1. The van der Waals surface area contributed by atoms with Gasteiger partial charge in [-0.15, -0.1) is 11.3 Å². The molecule has 5 nitrogen and oxygen atoms in total. The molecule has 1 aliphatic heterocycles. The normalized spacial score (nSPS) is 23.6. The molecule has 0 spiro atoms. The molecule has 1 saturated carbocycles. The van der Waals surface area contributed by atoms with Crippen molar-refractivity contribution in [2.24, 2.45) is 11.8 Å². The number of hydrogen-bond acceptors (Lipinski definition) is 4. The van der Waals surface area contributed by atoms with Crippen LogP contribution in [0.15, 0.2) is 5.38 Å².